The molecule has 64 valence electrons. The predicted octanol–water partition coefficient (Wildman–Crippen LogP) is 2.28. The molecule has 1 aliphatic rings. The molecule has 0 saturated carbocycles. The number of benzene rings is 1. The molecule has 12 heavy (non-hydrogen) atoms. The highest BCUT2D eigenvalue weighted by atomic mass is 35.5. The molecule has 0 saturated heterocycles. The van der Waals surface area contributed by atoms with E-state index in [0.717, 1.165) is 0 Å². The van der Waals surface area contributed by atoms with Gasteiger partial charge in [-0.05, 0) is 12.1 Å². The van der Waals surface area contributed by atoms with E-state index >= 15 is 0 Å². The molecule has 0 bridgehead atoms. The number of fused-ring (bicyclic) bond motifs is 1. The number of rotatable bonds is 0. The molecule has 4 heteroatoms. The second kappa shape index (κ2) is 2.83. The van der Waals surface area contributed by atoms with Crippen molar-refractivity contribution in [1.29, 1.82) is 0 Å². The van der Waals surface area contributed by atoms with Gasteiger partial charge in [-0.3, -0.25) is 0 Å². The topological polar surface area (TPSA) is 21.3 Å². The molecule has 0 amide bonds. The minimum absolute atomic E-state index is 0.269. The van der Waals surface area contributed by atoms with Gasteiger partial charge >= 0.3 is 0 Å². The third kappa shape index (κ3) is 1.20. The third-order valence-corrected chi connectivity index (χ3v) is 1.89. The average Bonchev–Trinajstić information content (AvgIpc) is 2.04. The molecule has 0 aromatic heterocycles. The first kappa shape index (κ1) is 7.68. The lowest BCUT2D eigenvalue weighted by molar-refractivity contribution is 0.306. The Hall–Kier alpha value is -0.960. The van der Waals surface area contributed by atoms with Crippen LogP contribution in [-0.4, -0.2) is 13.2 Å². The van der Waals surface area contributed by atoms with E-state index in [9.17, 15) is 4.39 Å². The van der Waals surface area contributed by atoms with Crippen molar-refractivity contribution in [2.45, 2.75) is 0 Å². The summed E-state index contributed by atoms with van der Waals surface area (Å²) in [5, 5.41) is 3.37. The van der Waals surface area contributed by atoms with E-state index in [4.69, 9.17) is 16.3 Å². The molecule has 0 unspecified atom stereocenters. The third-order valence-electron chi connectivity index (χ3n) is 1.67. The number of hydrogen-bond donors (Lipinski definition) is 1. The Kier molecular flexibility index (Phi) is 1.81. The number of halogens is 2. The first-order chi connectivity index (χ1) is 5.77. The largest absolute Gasteiger partial charge is 0.486 e. The van der Waals surface area contributed by atoms with E-state index in [-0.39, 0.29) is 5.75 Å². The van der Waals surface area contributed by atoms with E-state index in [1.807, 2.05) is 0 Å². The number of anilines is 1. The lowest BCUT2D eigenvalue weighted by Crippen LogP contribution is -2.18. The summed E-state index contributed by atoms with van der Waals surface area (Å²) in [6, 6.07) is 2.90. The van der Waals surface area contributed by atoms with Crippen LogP contribution in [0.15, 0.2) is 12.1 Å². The van der Waals surface area contributed by atoms with Crippen molar-refractivity contribution in [2.75, 3.05) is 18.5 Å². The van der Waals surface area contributed by atoms with Gasteiger partial charge in [-0.25, -0.2) is 4.39 Å². The van der Waals surface area contributed by atoms with Gasteiger partial charge in [0.15, 0.2) is 11.6 Å². The molecule has 0 fully saturated rings. The first-order valence-electron chi connectivity index (χ1n) is 3.63. The molecule has 0 spiro atoms. The van der Waals surface area contributed by atoms with Crippen molar-refractivity contribution < 1.29 is 9.13 Å². The van der Waals surface area contributed by atoms with Crippen LogP contribution in [0.4, 0.5) is 10.1 Å². The fourth-order valence-electron chi connectivity index (χ4n) is 1.18. The van der Waals surface area contributed by atoms with Crippen molar-refractivity contribution >= 4 is 17.3 Å². The van der Waals surface area contributed by atoms with E-state index < -0.39 is 5.82 Å². The van der Waals surface area contributed by atoms with Crippen LogP contribution >= 0.6 is 11.6 Å². The predicted molar refractivity (Wildman–Crippen MR) is 45.4 cm³/mol. The molecule has 1 aromatic carbocycles. The van der Waals surface area contributed by atoms with Gasteiger partial charge in [0.05, 0.1) is 5.69 Å². The summed E-state index contributed by atoms with van der Waals surface area (Å²) in [5.41, 5.74) is 0.631. The van der Waals surface area contributed by atoms with E-state index in [1.54, 1.807) is 6.07 Å². The van der Waals surface area contributed by atoms with Crippen molar-refractivity contribution in [3.63, 3.8) is 0 Å². The lowest BCUT2D eigenvalue weighted by atomic mass is 10.2. The molecule has 2 rings (SSSR count). The van der Waals surface area contributed by atoms with Crippen LogP contribution in [-0.2, 0) is 0 Å². The highest BCUT2D eigenvalue weighted by molar-refractivity contribution is 6.31. The van der Waals surface area contributed by atoms with Crippen LogP contribution in [0.3, 0.4) is 0 Å². The molecule has 0 aliphatic carbocycles. The van der Waals surface area contributed by atoms with Gasteiger partial charge in [-0.1, -0.05) is 11.6 Å². The Morgan fingerprint density at radius 3 is 3.17 bits per heavy atom. The van der Waals surface area contributed by atoms with Crippen molar-refractivity contribution in [3.8, 4) is 5.75 Å². The van der Waals surface area contributed by atoms with Gasteiger partial charge in [0.1, 0.15) is 6.61 Å². The normalized spacial score (nSPS) is 14.5. The zero-order chi connectivity index (χ0) is 8.55. The lowest BCUT2D eigenvalue weighted by Gasteiger charge is -2.19. The maximum atomic E-state index is 13.1. The number of nitrogens with one attached hydrogen (secondary N) is 1. The van der Waals surface area contributed by atoms with Crippen molar-refractivity contribution in [2.24, 2.45) is 0 Å². The summed E-state index contributed by atoms with van der Waals surface area (Å²) < 4.78 is 18.2. The summed E-state index contributed by atoms with van der Waals surface area (Å²) in [4.78, 5) is 0. The first-order valence-corrected chi connectivity index (χ1v) is 4.01. The Morgan fingerprint density at radius 2 is 2.33 bits per heavy atom. The molecule has 1 N–H and O–H groups in total. The van der Waals surface area contributed by atoms with E-state index in [2.05, 4.69) is 5.32 Å². The van der Waals surface area contributed by atoms with E-state index in [0.29, 0.717) is 23.9 Å². The zero-order valence-corrected chi connectivity index (χ0v) is 6.99. The molecular weight excluding hydrogens is 181 g/mol. The second-order valence-electron chi connectivity index (χ2n) is 2.54. The van der Waals surface area contributed by atoms with Crippen molar-refractivity contribution in [1.82, 2.24) is 0 Å². The SMILES string of the molecule is Fc1cc(Cl)cc2c1OCCN2. The monoisotopic (exact) mass is 187 g/mol. The van der Waals surface area contributed by atoms with Crippen LogP contribution < -0.4 is 10.1 Å². The minimum Gasteiger partial charge on any atom is -0.486 e. The van der Waals surface area contributed by atoms with Crippen LogP contribution in [0.1, 0.15) is 0 Å². The summed E-state index contributed by atoms with van der Waals surface area (Å²) in [5.74, 6) is -0.143. The van der Waals surface area contributed by atoms with Gasteiger partial charge < -0.3 is 10.1 Å². The second-order valence-corrected chi connectivity index (χ2v) is 2.98. The van der Waals surface area contributed by atoms with Crippen LogP contribution in [0.5, 0.6) is 5.75 Å². The molecule has 1 aromatic rings. The summed E-state index contributed by atoms with van der Waals surface area (Å²) in [7, 11) is 0. The molecule has 2 nitrogen and oxygen atoms in total. The maximum absolute atomic E-state index is 13.1. The highest BCUT2D eigenvalue weighted by Gasteiger charge is 2.14. The van der Waals surface area contributed by atoms with E-state index in [1.165, 1.54) is 6.07 Å². The Bertz CT molecular complexity index is 316. The zero-order valence-electron chi connectivity index (χ0n) is 6.23. The number of ether oxygens (including phenoxy) is 1. The van der Waals surface area contributed by atoms with Crippen LogP contribution in [0.2, 0.25) is 5.02 Å². The Balaban J connectivity index is 2.53. The average molecular weight is 188 g/mol. The summed E-state index contributed by atoms with van der Waals surface area (Å²) in [6.07, 6.45) is 0. The summed E-state index contributed by atoms with van der Waals surface area (Å²) in [6.45, 7) is 1.18. The molecule has 1 heterocycles. The number of hydrogen-bond acceptors (Lipinski definition) is 2. The maximum Gasteiger partial charge on any atom is 0.178 e. The Morgan fingerprint density at radius 1 is 1.50 bits per heavy atom. The van der Waals surface area contributed by atoms with Crippen LogP contribution in [0, 0.1) is 5.82 Å². The highest BCUT2D eigenvalue weighted by Crippen LogP contribution is 2.33. The van der Waals surface area contributed by atoms with Crippen LogP contribution in [0.25, 0.3) is 0 Å². The minimum atomic E-state index is -0.412. The van der Waals surface area contributed by atoms with Gasteiger partial charge in [-0.15, -0.1) is 0 Å². The van der Waals surface area contributed by atoms with Gasteiger partial charge in [0.2, 0.25) is 0 Å². The fraction of sp³-hybridized carbons (Fsp3) is 0.250. The quantitative estimate of drug-likeness (QED) is 0.673. The standard InChI is InChI=1S/C8H7ClFNO/c9-5-3-6(10)8-7(4-5)11-1-2-12-8/h3-4,11H,1-2H2. The van der Waals surface area contributed by atoms with Gasteiger partial charge in [0, 0.05) is 11.6 Å². The molecular formula is C8H7ClFNO. The molecule has 1 aliphatic heterocycles. The smallest absolute Gasteiger partial charge is 0.178 e. The Labute approximate surface area is 74.3 Å². The fourth-order valence-corrected chi connectivity index (χ4v) is 1.38. The van der Waals surface area contributed by atoms with Gasteiger partial charge in [0.25, 0.3) is 0 Å². The molecule has 0 radical (unpaired) electrons. The van der Waals surface area contributed by atoms with Gasteiger partial charge in [-0.2, -0.15) is 0 Å². The van der Waals surface area contributed by atoms with Crippen molar-refractivity contribution in [3.05, 3.63) is 23.0 Å². The summed E-state index contributed by atoms with van der Waals surface area (Å²) >= 11 is 5.65. The molecule has 0 atom stereocenters.